The molecule has 0 aliphatic rings. The van der Waals surface area contributed by atoms with Crippen LogP contribution in [0.1, 0.15) is 0 Å². The molecule has 0 aliphatic heterocycles. The van der Waals surface area contributed by atoms with Gasteiger partial charge in [-0.25, -0.2) is 0 Å². The smallest absolute Gasteiger partial charge is 0.427 e. The minimum Gasteiger partial charge on any atom is -0.427 e. The zero-order valence-electron chi connectivity index (χ0n) is 5.03. The number of hydrogen-bond acceptors (Lipinski definition) is 3. The molecule has 0 fully saturated rings. The molecule has 0 aromatic heterocycles. The Morgan fingerprint density at radius 3 is 2.22 bits per heavy atom. The predicted molar refractivity (Wildman–Crippen MR) is 40.4 cm³/mol. The summed E-state index contributed by atoms with van der Waals surface area (Å²) in [7, 11) is -1.24. The molecule has 0 saturated heterocycles. The molecule has 54 valence electrons. The first-order valence-electron chi connectivity index (χ1n) is 2.48. The van der Waals surface area contributed by atoms with Crippen molar-refractivity contribution in [2.24, 2.45) is 5.73 Å². The van der Waals surface area contributed by atoms with E-state index >= 15 is 0 Å². The van der Waals surface area contributed by atoms with Gasteiger partial charge in [0.15, 0.2) is 0 Å². The van der Waals surface area contributed by atoms with E-state index in [-0.39, 0.29) is 18.7 Å². The van der Waals surface area contributed by atoms with Crippen molar-refractivity contribution < 1.29 is 10.0 Å². The van der Waals surface area contributed by atoms with Crippen LogP contribution in [-0.2, 0) is 0 Å². The lowest BCUT2D eigenvalue weighted by molar-refractivity contribution is 0.411. The van der Waals surface area contributed by atoms with Crippen LogP contribution in [0, 0.1) is 0 Å². The van der Waals surface area contributed by atoms with E-state index in [2.05, 4.69) is 0 Å². The summed E-state index contributed by atoms with van der Waals surface area (Å²) in [5, 5.41) is 16.5. The topological polar surface area (TPSA) is 66.5 Å². The molecule has 0 radical (unpaired) electrons. The Bertz CT molecular complexity index is 79.0. The fourth-order valence-corrected chi connectivity index (χ4v) is 0.314. The maximum atomic E-state index is 8.24. The molecule has 0 heterocycles. The maximum absolute atomic E-state index is 8.24. The predicted octanol–water partition coefficient (Wildman–Crippen LogP) is -0.604. The molecule has 0 unspecified atom stereocenters. The van der Waals surface area contributed by atoms with Crippen molar-refractivity contribution in [3.63, 3.8) is 0 Å². The van der Waals surface area contributed by atoms with Gasteiger partial charge in [-0.1, -0.05) is 12.2 Å². The third-order valence-electron chi connectivity index (χ3n) is 0.650. The van der Waals surface area contributed by atoms with Gasteiger partial charge in [0, 0.05) is 6.54 Å². The summed E-state index contributed by atoms with van der Waals surface area (Å²) in [6, 6.07) is 0. The minimum atomic E-state index is -1.24. The van der Waals surface area contributed by atoms with Gasteiger partial charge < -0.3 is 15.8 Å². The number of allylic oxidation sites excluding steroid dienone is 1. The zero-order valence-corrected chi connectivity index (χ0v) is 5.84. The molecule has 3 nitrogen and oxygen atoms in total. The van der Waals surface area contributed by atoms with E-state index in [1.807, 2.05) is 0 Å². The highest BCUT2D eigenvalue weighted by Crippen LogP contribution is 1.83. The van der Waals surface area contributed by atoms with Crippen molar-refractivity contribution in [1.29, 1.82) is 0 Å². The van der Waals surface area contributed by atoms with Crippen LogP contribution in [0.3, 0.4) is 0 Å². The van der Waals surface area contributed by atoms with Gasteiger partial charge in [-0.3, -0.25) is 0 Å². The van der Waals surface area contributed by atoms with Crippen LogP contribution in [0.2, 0.25) is 6.32 Å². The average Bonchev–Trinajstić information content (AvgIpc) is 1.66. The molecular formula is C4H11BClNO2. The highest BCUT2D eigenvalue weighted by molar-refractivity contribution is 6.41. The van der Waals surface area contributed by atoms with Crippen LogP contribution >= 0.6 is 12.4 Å². The second-order valence-corrected chi connectivity index (χ2v) is 1.42. The summed E-state index contributed by atoms with van der Waals surface area (Å²) in [4.78, 5) is 0. The molecule has 0 rings (SSSR count). The largest absolute Gasteiger partial charge is 0.455 e. The molecule has 9 heavy (non-hydrogen) atoms. The van der Waals surface area contributed by atoms with E-state index in [9.17, 15) is 0 Å². The number of hydrogen-bond donors (Lipinski definition) is 3. The Labute approximate surface area is 61.1 Å². The lowest BCUT2D eigenvalue weighted by Gasteiger charge is -1.86. The lowest BCUT2D eigenvalue weighted by Crippen LogP contribution is -2.08. The first-order valence-corrected chi connectivity index (χ1v) is 2.48. The summed E-state index contributed by atoms with van der Waals surface area (Å²) in [6.45, 7) is 0.451. The van der Waals surface area contributed by atoms with E-state index in [0.29, 0.717) is 6.54 Å². The summed E-state index contributed by atoms with van der Waals surface area (Å²) in [6.07, 6.45) is 3.57. The van der Waals surface area contributed by atoms with E-state index in [4.69, 9.17) is 15.8 Å². The van der Waals surface area contributed by atoms with Crippen LogP contribution in [0.4, 0.5) is 0 Å². The Balaban J connectivity index is 0. The third kappa shape index (κ3) is 11.5. The summed E-state index contributed by atoms with van der Waals surface area (Å²) in [5.41, 5.74) is 5.06. The van der Waals surface area contributed by atoms with Crippen LogP contribution in [0.25, 0.3) is 0 Å². The lowest BCUT2D eigenvalue weighted by atomic mass is 9.86. The van der Waals surface area contributed by atoms with Crippen molar-refractivity contribution in [2.45, 2.75) is 6.32 Å². The van der Waals surface area contributed by atoms with Gasteiger partial charge in [0.25, 0.3) is 0 Å². The van der Waals surface area contributed by atoms with Crippen molar-refractivity contribution >= 4 is 19.5 Å². The van der Waals surface area contributed by atoms with Gasteiger partial charge in [-0.15, -0.1) is 12.4 Å². The van der Waals surface area contributed by atoms with Crippen LogP contribution < -0.4 is 5.73 Å². The first kappa shape index (κ1) is 11.7. The molecular weight excluding hydrogens is 140 g/mol. The normalized spacial score (nSPS) is 9.22. The molecule has 0 aliphatic carbocycles. The molecule has 0 aromatic carbocycles. The number of halogens is 1. The Kier molecular flexibility index (Phi) is 10.4. The van der Waals surface area contributed by atoms with Gasteiger partial charge >= 0.3 is 7.12 Å². The van der Waals surface area contributed by atoms with Gasteiger partial charge in [-0.2, -0.15) is 0 Å². The van der Waals surface area contributed by atoms with Gasteiger partial charge in [0.2, 0.25) is 0 Å². The summed E-state index contributed by atoms with van der Waals surface area (Å²) < 4.78 is 0. The van der Waals surface area contributed by atoms with E-state index < -0.39 is 7.12 Å². The van der Waals surface area contributed by atoms with Crippen LogP contribution in [-0.4, -0.2) is 23.7 Å². The van der Waals surface area contributed by atoms with E-state index in [1.165, 1.54) is 0 Å². The van der Waals surface area contributed by atoms with Gasteiger partial charge in [-0.05, 0) is 6.32 Å². The van der Waals surface area contributed by atoms with Crippen molar-refractivity contribution in [1.82, 2.24) is 0 Å². The van der Waals surface area contributed by atoms with Crippen LogP contribution in [0.5, 0.6) is 0 Å². The Hall–Kier alpha value is -0.0251. The van der Waals surface area contributed by atoms with E-state index in [1.54, 1.807) is 12.2 Å². The molecule has 4 N–H and O–H groups in total. The average molecular weight is 151 g/mol. The van der Waals surface area contributed by atoms with Crippen molar-refractivity contribution in [3.8, 4) is 0 Å². The summed E-state index contributed by atoms with van der Waals surface area (Å²) >= 11 is 0. The van der Waals surface area contributed by atoms with Crippen molar-refractivity contribution in [2.75, 3.05) is 6.54 Å². The first-order chi connectivity index (χ1) is 3.77. The standard InChI is InChI=1S/C4H10BNO2.ClH/c6-4-2-1-3-5(7)8;/h1-2,7-8H,3-4,6H2;1H. The Morgan fingerprint density at radius 2 is 1.89 bits per heavy atom. The highest BCUT2D eigenvalue weighted by Gasteiger charge is 1.99. The van der Waals surface area contributed by atoms with Gasteiger partial charge in [0.05, 0.1) is 0 Å². The van der Waals surface area contributed by atoms with Crippen molar-refractivity contribution in [3.05, 3.63) is 12.2 Å². The maximum Gasteiger partial charge on any atom is 0.455 e. The Morgan fingerprint density at radius 1 is 1.33 bits per heavy atom. The molecule has 0 saturated carbocycles. The fraction of sp³-hybridized carbons (Fsp3) is 0.500. The third-order valence-corrected chi connectivity index (χ3v) is 0.650. The molecule has 0 amide bonds. The van der Waals surface area contributed by atoms with Gasteiger partial charge in [0.1, 0.15) is 0 Å². The molecule has 0 bridgehead atoms. The van der Waals surface area contributed by atoms with Crippen LogP contribution in [0.15, 0.2) is 12.2 Å². The SMILES string of the molecule is Cl.NCC=CCB(O)O. The quantitative estimate of drug-likeness (QED) is 0.373. The molecule has 0 atom stereocenters. The fourth-order valence-electron chi connectivity index (χ4n) is 0.314. The molecule has 0 aromatic rings. The second kappa shape index (κ2) is 7.97. The minimum absolute atomic E-state index is 0. The highest BCUT2D eigenvalue weighted by atomic mass is 35.5. The number of nitrogens with two attached hydrogens (primary N) is 1. The van der Waals surface area contributed by atoms with E-state index in [0.717, 1.165) is 0 Å². The summed E-state index contributed by atoms with van der Waals surface area (Å²) in [5.74, 6) is 0. The monoisotopic (exact) mass is 151 g/mol. The zero-order chi connectivity index (χ0) is 6.41. The second-order valence-electron chi connectivity index (χ2n) is 1.42. The number of rotatable bonds is 3. The molecule has 0 spiro atoms. The molecule has 5 heteroatoms.